The molecule has 17 heavy (non-hydrogen) atoms. The van der Waals surface area contributed by atoms with E-state index in [1.54, 1.807) is 0 Å². The summed E-state index contributed by atoms with van der Waals surface area (Å²) in [7, 11) is 0. The lowest BCUT2D eigenvalue weighted by atomic mass is 10.0. The number of hydrogen-bond donors (Lipinski definition) is 0. The molecule has 1 saturated heterocycles. The zero-order valence-electron chi connectivity index (χ0n) is 10.5. The molecule has 3 heteroatoms. The van der Waals surface area contributed by atoms with E-state index in [9.17, 15) is 4.79 Å². The lowest BCUT2D eigenvalue weighted by Gasteiger charge is -2.26. The van der Waals surface area contributed by atoms with Gasteiger partial charge in [0, 0.05) is 6.54 Å². The van der Waals surface area contributed by atoms with Crippen LogP contribution in [0.1, 0.15) is 29.5 Å². The third kappa shape index (κ3) is 3.07. The van der Waals surface area contributed by atoms with E-state index in [2.05, 4.69) is 18.2 Å². The molecule has 0 N–H and O–H groups in total. The minimum absolute atomic E-state index is 0.0680. The maximum atomic E-state index is 12.0. The Balaban J connectivity index is 2.04. The summed E-state index contributed by atoms with van der Waals surface area (Å²) in [5, 5.41) is 1.52. The van der Waals surface area contributed by atoms with Gasteiger partial charge in [-0.25, -0.2) is 5.06 Å². The van der Waals surface area contributed by atoms with Crippen LogP contribution in [0.2, 0.25) is 0 Å². The predicted octanol–water partition coefficient (Wildman–Crippen LogP) is 2.40. The summed E-state index contributed by atoms with van der Waals surface area (Å²) in [6, 6.07) is 6.22. The van der Waals surface area contributed by atoms with E-state index >= 15 is 0 Å². The smallest absolute Gasteiger partial charge is 0.250 e. The van der Waals surface area contributed by atoms with Gasteiger partial charge in [0.1, 0.15) is 0 Å². The molecule has 0 saturated carbocycles. The number of benzene rings is 1. The Morgan fingerprint density at radius 3 is 2.88 bits per heavy atom. The van der Waals surface area contributed by atoms with Crippen LogP contribution in [0.3, 0.4) is 0 Å². The van der Waals surface area contributed by atoms with Gasteiger partial charge < -0.3 is 0 Å². The number of nitrogens with zero attached hydrogens (tertiary/aromatic N) is 1. The second-order valence-corrected chi connectivity index (χ2v) is 4.64. The zero-order chi connectivity index (χ0) is 12.3. The molecule has 1 aromatic rings. The molecule has 0 aromatic heterocycles. The van der Waals surface area contributed by atoms with Crippen LogP contribution in [-0.2, 0) is 16.1 Å². The first kappa shape index (κ1) is 12.1. The van der Waals surface area contributed by atoms with Crippen molar-refractivity contribution in [2.75, 3.05) is 13.2 Å². The molecule has 0 spiro atoms. The van der Waals surface area contributed by atoms with E-state index < -0.39 is 0 Å². The van der Waals surface area contributed by atoms with Gasteiger partial charge in [-0.3, -0.25) is 9.63 Å². The molecule has 0 atom stereocenters. The van der Waals surface area contributed by atoms with Gasteiger partial charge in [-0.1, -0.05) is 23.8 Å². The van der Waals surface area contributed by atoms with Crippen molar-refractivity contribution >= 4 is 5.91 Å². The number of hydroxylamine groups is 2. The third-order valence-electron chi connectivity index (χ3n) is 3.13. The van der Waals surface area contributed by atoms with Crippen molar-refractivity contribution in [1.29, 1.82) is 0 Å². The van der Waals surface area contributed by atoms with E-state index in [4.69, 9.17) is 4.84 Å². The Morgan fingerprint density at radius 1 is 1.35 bits per heavy atom. The summed E-state index contributed by atoms with van der Waals surface area (Å²) in [5.41, 5.74) is 3.46. The van der Waals surface area contributed by atoms with Crippen LogP contribution < -0.4 is 0 Å². The highest BCUT2D eigenvalue weighted by atomic mass is 16.7. The zero-order valence-corrected chi connectivity index (χ0v) is 10.5. The minimum Gasteiger partial charge on any atom is -0.272 e. The second-order valence-electron chi connectivity index (χ2n) is 4.64. The van der Waals surface area contributed by atoms with Gasteiger partial charge in [0.2, 0.25) is 0 Å². The fourth-order valence-electron chi connectivity index (χ4n) is 2.04. The van der Waals surface area contributed by atoms with E-state index in [0.717, 1.165) is 24.9 Å². The second kappa shape index (κ2) is 5.32. The van der Waals surface area contributed by atoms with Crippen LogP contribution in [0.15, 0.2) is 18.2 Å². The fraction of sp³-hybridized carbons (Fsp3) is 0.500. The quantitative estimate of drug-likeness (QED) is 0.785. The molecule has 1 fully saturated rings. The molecule has 0 unspecified atom stereocenters. The molecule has 1 amide bonds. The van der Waals surface area contributed by atoms with Crippen molar-refractivity contribution in [3.05, 3.63) is 34.9 Å². The lowest BCUT2D eigenvalue weighted by molar-refractivity contribution is -0.196. The molecule has 0 bridgehead atoms. The molecular weight excluding hydrogens is 214 g/mol. The molecule has 0 aliphatic carbocycles. The van der Waals surface area contributed by atoms with Crippen molar-refractivity contribution in [2.24, 2.45) is 0 Å². The van der Waals surface area contributed by atoms with Crippen molar-refractivity contribution in [2.45, 2.75) is 33.1 Å². The lowest BCUT2D eigenvalue weighted by Crippen LogP contribution is -2.36. The van der Waals surface area contributed by atoms with E-state index in [-0.39, 0.29) is 5.91 Å². The fourth-order valence-corrected chi connectivity index (χ4v) is 2.04. The Kier molecular flexibility index (Phi) is 3.79. The molecule has 0 radical (unpaired) electrons. The average molecular weight is 233 g/mol. The molecule has 1 heterocycles. The molecule has 3 nitrogen and oxygen atoms in total. The van der Waals surface area contributed by atoms with Gasteiger partial charge in [-0.05, 0) is 37.8 Å². The highest BCUT2D eigenvalue weighted by molar-refractivity contribution is 5.78. The number of aryl methyl sites for hydroxylation is 2. The first-order valence-corrected chi connectivity index (χ1v) is 6.16. The molecule has 2 rings (SSSR count). The molecule has 1 aliphatic heterocycles. The summed E-state index contributed by atoms with van der Waals surface area (Å²) in [5.74, 6) is 0.0680. The van der Waals surface area contributed by atoms with Gasteiger partial charge in [0.25, 0.3) is 5.91 Å². The van der Waals surface area contributed by atoms with Gasteiger partial charge in [0.15, 0.2) is 0 Å². The van der Waals surface area contributed by atoms with Gasteiger partial charge in [-0.2, -0.15) is 0 Å². The Hall–Kier alpha value is -1.35. The topological polar surface area (TPSA) is 29.5 Å². The van der Waals surface area contributed by atoms with Gasteiger partial charge >= 0.3 is 0 Å². The number of hydrogen-bond acceptors (Lipinski definition) is 2. The first-order valence-electron chi connectivity index (χ1n) is 6.16. The number of carbonyl (C=O) groups is 1. The standard InChI is InChI=1S/C14H19NO2/c1-11-5-6-12(2)13(9-11)10-14(16)15-7-3-4-8-17-15/h5-6,9H,3-4,7-8,10H2,1-2H3. The Morgan fingerprint density at radius 2 is 2.18 bits per heavy atom. The third-order valence-corrected chi connectivity index (χ3v) is 3.13. The minimum atomic E-state index is 0.0680. The summed E-state index contributed by atoms with van der Waals surface area (Å²) in [6.45, 7) is 5.48. The van der Waals surface area contributed by atoms with Crippen LogP contribution in [0.4, 0.5) is 0 Å². The largest absolute Gasteiger partial charge is 0.272 e. The molecular formula is C14H19NO2. The van der Waals surface area contributed by atoms with Crippen LogP contribution in [-0.4, -0.2) is 24.1 Å². The first-order chi connectivity index (χ1) is 8.16. The monoisotopic (exact) mass is 233 g/mol. The normalized spacial score (nSPS) is 16.0. The van der Waals surface area contributed by atoms with E-state index in [1.165, 1.54) is 16.2 Å². The Bertz CT molecular complexity index is 409. The van der Waals surface area contributed by atoms with Crippen molar-refractivity contribution in [3.8, 4) is 0 Å². The summed E-state index contributed by atoms with van der Waals surface area (Å²) in [4.78, 5) is 17.4. The van der Waals surface area contributed by atoms with Crippen LogP contribution in [0.25, 0.3) is 0 Å². The average Bonchev–Trinajstić information content (AvgIpc) is 2.35. The van der Waals surface area contributed by atoms with Crippen molar-refractivity contribution in [3.63, 3.8) is 0 Å². The SMILES string of the molecule is Cc1ccc(C)c(CC(=O)N2CCCCO2)c1. The van der Waals surface area contributed by atoms with Gasteiger partial charge in [-0.15, -0.1) is 0 Å². The van der Waals surface area contributed by atoms with E-state index in [0.29, 0.717) is 13.0 Å². The number of carbonyl (C=O) groups excluding carboxylic acids is 1. The maximum absolute atomic E-state index is 12.0. The Labute approximate surface area is 102 Å². The molecule has 1 aromatic carbocycles. The molecule has 92 valence electrons. The van der Waals surface area contributed by atoms with Crippen molar-refractivity contribution < 1.29 is 9.63 Å². The van der Waals surface area contributed by atoms with Crippen LogP contribution in [0, 0.1) is 13.8 Å². The van der Waals surface area contributed by atoms with Gasteiger partial charge in [0.05, 0.1) is 13.0 Å². The highest BCUT2D eigenvalue weighted by Crippen LogP contribution is 2.14. The highest BCUT2D eigenvalue weighted by Gasteiger charge is 2.18. The van der Waals surface area contributed by atoms with Crippen molar-refractivity contribution in [1.82, 2.24) is 5.06 Å². The summed E-state index contributed by atoms with van der Waals surface area (Å²) in [6.07, 6.45) is 2.53. The number of amides is 1. The molecule has 1 aliphatic rings. The maximum Gasteiger partial charge on any atom is 0.250 e. The van der Waals surface area contributed by atoms with Crippen LogP contribution >= 0.6 is 0 Å². The predicted molar refractivity (Wildman–Crippen MR) is 66.5 cm³/mol. The summed E-state index contributed by atoms with van der Waals surface area (Å²) >= 11 is 0. The van der Waals surface area contributed by atoms with Crippen LogP contribution in [0.5, 0.6) is 0 Å². The van der Waals surface area contributed by atoms with E-state index in [1.807, 2.05) is 13.8 Å². The number of rotatable bonds is 2. The summed E-state index contributed by atoms with van der Waals surface area (Å²) < 4.78 is 0.